The Hall–Kier alpha value is -3.00. The lowest BCUT2D eigenvalue weighted by Gasteiger charge is -2.03. The SMILES string of the molecule is O=C(Cn1nc2ccccn2c1=O)NCCCc1nc2ccccc2s1. The second-order valence-corrected chi connectivity index (χ2v) is 7.01. The number of aryl methyl sites for hydroxylation is 1. The van der Waals surface area contributed by atoms with E-state index >= 15 is 0 Å². The Bertz CT molecular complexity index is 1090. The number of thiazole rings is 1. The van der Waals surface area contributed by atoms with Gasteiger partial charge in [0.2, 0.25) is 5.91 Å². The van der Waals surface area contributed by atoms with Crippen LogP contribution in [0.2, 0.25) is 0 Å². The Labute approximate surface area is 152 Å². The van der Waals surface area contributed by atoms with E-state index in [2.05, 4.69) is 21.5 Å². The highest BCUT2D eigenvalue weighted by Gasteiger charge is 2.10. The summed E-state index contributed by atoms with van der Waals surface area (Å²) in [7, 11) is 0. The van der Waals surface area contributed by atoms with Crippen molar-refractivity contribution in [1.29, 1.82) is 0 Å². The number of hydrogen-bond acceptors (Lipinski definition) is 5. The van der Waals surface area contributed by atoms with E-state index in [1.807, 2.05) is 18.2 Å². The number of pyridine rings is 1. The first-order valence-corrected chi connectivity index (χ1v) is 9.18. The van der Waals surface area contributed by atoms with Gasteiger partial charge in [0.05, 0.1) is 15.2 Å². The number of carbonyl (C=O) groups is 1. The molecule has 0 saturated heterocycles. The van der Waals surface area contributed by atoms with Crippen LogP contribution in [0.5, 0.6) is 0 Å². The number of rotatable bonds is 6. The lowest BCUT2D eigenvalue weighted by atomic mass is 10.3. The number of nitrogens with zero attached hydrogens (tertiary/aromatic N) is 4. The van der Waals surface area contributed by atoms with Gasteiger partial charge in [0.1, 0.15) is 6.54 Å². The van der Waals surface area contributed by atoms with Crippen LogP contribution >= 0.6 is 11.3 Å². The van der Waals surface area contributed by atoms with Crippen molar-refractivity contribution >= 4 is 33.1 Å². The van der Waals surface area contributed by atoms with E-state index < -0.39 is 0 Å². The van der Waals surface area contributed by atoms with Crippen LogP contribution in [0, 0.1) is 0 Å². The lowest BCUT2D eigenvalue weighted by Crippen LogP contribution is -2.33. The summed E-state index contributed by atoms with van der Waals surface area (Å²) in [6.45, 7) is 0.457. The first-order chi connectivity index (χ1) is 12.7. The van der Waals surface area contributed by atoms with Crippen molar-refractivity contribution in [3.05, 3.63) is 64.2 Å². The van der Waals surface area contributed by atoms with Crippen LogP contribution in [0.4, 0.5) is 0 Å². The Morgan fingerprint density at radius 2 is 2.00 bits per heavy atom. The van der Waals surface area contributed by atoms with Crippen LogP contribution < -0.4 is 11.0 Å². The van der Waals surface area contributed by atoms with Crippen molar-refractivity contribution in [3.8, 4) is 0 Å². The smallest absolute Gasteiger partial charge is 0.350 e. The maximum absolute atomic E-state index is 12.1. The zero-order chi connectivity index (χ0) is 17.9. The molecule has 0 aliphatic rings. The summed E-state index contributed by atoms with van der Waals surface area (Å²) in [5, 5.41) is 8.05. The van der Waals surface area contributed by atoms with Crippen molar-refractivity contribution in [3.63, 3.8) is 0 Å². The summed E-state index contributed by atoms with van der Waals surface area (Å²) < 4.78 is 3.77. The fourth-order valence-corrected chi connectivity index (χ4v) is 3.77. The number of fused-ring (bicyclic) bond motifs is 2. The van der Waals surface area contributed by atoms with Crippen molar-refractivity contribution in [2.75, 3.05) is 6.54 Å². The topological polar surface area (TPSA) is 81.3 Å². The molecule has 1 aromatic carbocycles. The van der Waals surface area contributed by atoms with Crippen LogP contribution in [0.1, 0.15) is 11.4 Å². The fourth-order valence-electron chi connectivity index (χ4n) is 2.76. The van der Waals surface area contributed by atoms with Gasteiger partial charge in [-0.05, 0) is 30.7 Å². The zero-order valence-corrected chi connectivity index (χ0v) is 14.8. The van der Waals surface area contributed by atoms with Crippen LogP contribution in [-0.2, 0) is 17.8 Å². The standard InChI is InChI=1S/C18H17N5O2S/c24-16(12-23-18(25)22-11-4-3-8-15(22)21-23)19-10-5-9-17-20-13-6-1-2-7-14(13)26-17/h1-4,6-8,11H,5,9-10,12H2,(H,19,24). The van der Waals surface area contributed by atoms with Crippen molar-refractivity contribution < 1.29 is 4.79 Å². The van der Waals surface area contributed by atoms with E-state index in [4.69, 9.17) is 0 Å². The van der Waals surface area contributed by atoms with E-state index in [1.165, 1.54) is 13.8 Å². The maximum atomic E-state index is 12.1. The van der Waals surface area contributed by atoms with Gasteiger partial charge in [0.25, 0.3) is 0 Å². The molecule has 0 saturated carbocycles. The van der Waals surface area contributed by atoms with Gasteiger partial charge in [-0.15, -0.1) is 16.4 Å². The van der Waals surface area contributed by atoms with Gasteiger partial charge in [-0.1, -0.05) is 18.2 Å². The Morgan fingerprint density at radius 3 is 2.85 bits per heavy atom. The minimum absolute atomic E-state index is 0.0817. The maximum Gasteiger partial charge on any atom is 0.350 e. The zero-order valence-electron chi connectivity index (χ0n) is 14.0. The molecule has 0 aliphatic heterocycles. The fraction of sp³-hybridized carbons (Fsp3) is 0.222. The number of hydrogen-bond donors (Lipinski definition) is 1. The number of para-hydroxylation sites is 1. The minimum Gasteiger partial charge on any atom is -0.354 e. The summed E-state index contributed by atoms with van der Waals surface area (Å²) in [6, 6.07) is 13.3. The van der Waals surface area contributed by atoms with E-state index in [0.717, 1.165) is 23.4 Å². The van der Waals surface area contributed by atoms with E-state index in [-0.39, 0.29) is 18.1 Å². The third-order valence-electron chi connectivity index (χ3n) is 4.01. The summed E-state index contributed by atoms with van der Waals surface area (Å²) in [5.41, 5.74) is 1.23. The molecule has 8 heteroatoms. The molecule has 4 rings (SSSR count). The third kappa shape index (κ3) is 3.36. The summed E-state index contributed by atoms with van der Waals surface area (Å²) >= 11 is 1.68. The number of aromatic nitrogens is 4. The highest BCUT2D eigenvalue weighted by Crippen LogP contribution is 2.22. The summed E-state index contributed by atoms with van der Waals surface area (Å²) in [4.78, 5) is 28.8. The summed E-state index contributed by atoms with van der Waals surface area (Å²) in [5.74, 6) is -0.222. The molecule has 3 heterocycles. The number of carbonyl (C=O) groups excluding carboxylic acids is 1. The molecule has 1 N–H and O–H groups in total. The lowest BCUT2D eigenvalue weighted by molar-refractivity contribution is -0.121. The Balaban J connectivity index is 1.29. The molecule has 0 aliphatic carbocycles. The average molecular weight is 367 g/mol. The van der Waals surface area contributed by atoms with Crippen molar-refractivity contribution in [2.45, 2.75) is 19.4 Å². The second-order valence-electron chi connectivity index (χ2n) is 5.90. The molecule has 0 unspecified atom stereocenters. The normalized spacial score (nSPS) is 11.2. The van der Waals surface area contributed by atoms with Gasteiger partial charge in [-0.2, -0.15) is 0 Å². The molecule has 0 atom stereocenters. The van der Waals surface area contributed by atoms with Crippen LogP contribution in [0.25, 0.3) is 15.9 Å². The molecule has 0 spiro atoms. The molecule has 1 amide bonds. The Morgan fingerprint density at radius 1 is 1.15 bits per heavy atom. The first-order valence-electron chi connectivity index (χ1n) is 8.36. The van der Waals surface area contributed by atoms with E-state index in [9.17, 15) is 9.59 Å². The van der Waals surface area contributed by atoms with Gasteiger partial charge in [-0.25, -0.2) is 14.5 Å². The first kappa shape index (κ1) is 16.5. The highest BCUT2D eigenvalue weighted by molar-refractivity contribution is 7.18. The number of nitrogens with one attached hydrogen (secondary N) is 1. The average Bonchev–Trinajstić information content (AvgIpc) is 3.20. The van der Waals surface area contributed by atoms with E-state index in [0.29, 0.717) is 12.2 Å². The van der Waals surface area contributed by atoms with Gasteiger partial charge in [-0.3, -0.25) is 9.20 Å². The molecule has 132 valence electrons. The second kappa shape index (κ2) is 7.09. The molecular formula is C18H17N5O2S. The quantitative estimate of drug-likeness (QED) is 0.528. The van der Waals surface area contributed by atoms with Crippen molar-refractivity contribution in [1.82, 2.24) is 24.5 Å². The molecule has 3 aromatic heterocycles. The highest BCUT2D eigenvalue weighted by atomic mass is 32.1. The van der Waals surface area contributed by atoms with Gasteiger partial charge in [0, 0.05) is 19.2 Å². The monoisotopic (exact) mass is 367 g/mol. The van der Waals surface area contributed by atoms with Crippen LogP contribution in [0.3, 0.4) is 0 Å². The summed E-state index contributed by atoms with van der Waals surface area (Å²) in [6.07, 6.45) is 3.25. The molecular weight excluding hydrogens is 350 g/mol. The predicted molar refractivity (Wildman–Crippen MR) is 100 cm³/mol. The Kier molecular flexibility index (Phi) is 4.49. The molecule has 26 heavy (non-hydrogen) atoms. The molecule has 0 radical (unpaired) electrons. The van der Waals surface area contributed by atoms with Gasteiger partial charge < -0.3 is 5.32 Å². The number of amides is 1. The molecule has 0 bridgehead atoms. The molecule has 0 fully saturated rings. The van der Waals surface area contributed by atoms with Crippen molar-refractivity contribution in [2.24, 2.45) is 0 Å². The minimum atomic E-state index is -0.315. The predicted octanol–water partition coefficient (Wildman–Crippen LogP) is 1.85. The largest absolute Gasteiger partial charge is 0.354 e. The van der Waals surface area contributed by atoms with Crippen LogP contribution in [-0.4, -0.2) is 31.6 Å². The third-order valence-corrected chi connectivity index (χ3v) is 5.11. The molecule has 7 nitrogen and oxygen atoms in total. The van der Waals surface area contributed by atoms with Gasteiger partial charge in [0.15, 0.2) is 5.65 Å². The van der Waals surface area contributed by atoms with E-state index in [1.54, 1.807) is 35.7 Å². The van der Waals surface area contributed by atoms with Crippen LogP contribution in [0.15, 0.2) is 53.5 Å². The molecule has 4 aromatic rings. The van der Waals surface area contributed by atoms with Gasteiger partial charge >= 0.3 is 5.69 Å². The number of benzene rings is 1.